The van der Waals surface area contributed by atoms with Gasteiger partial charge in [0, 0.05) is 11.6 Å². The molecule has 14 heavy (non-hydrogen) atoms. The third kappa shape index (κ3) is 1.38. The highest BCUT2D eigenvalue weighted by molar-refractivity contribution is 5.49. The highest BCUT2D eigenvalue weighted by Crippen LogP contribution is 2.38. The van der Waals surface area contributed by atoms with E-state index in [1.54, 1.807) is 0 Å². The van der Waals surface area contributed by atoms with Crippen LogP contribution in [0.4, 0.5) is 0 Å². The molecule has 2 rings (SSSR count). The van der Waals surface area contributed by atoms with Gasteiger partial charge in [-0.3, -0.25) is 0 Å². The Labute approximate surface area is 81.8 Å². The number of para-hydroxylation sites is 1. The minimum atomic E-state index is -0.309. The van der Waals surface area contributed by atoms with Crippen molar-refractivity contribution in [1.82, 2.24) is 0 Å². The van der Waals surface area contributed by atoms with Gasteiger partial charge >= 0.3 is 0 Å². The summed E-state index contributed by atoms with van der Waals surface area (Å²) in [4.78, 5) is 0. The zero-order chi connectivity index (χ0) is 9.97. The third-order valence-electron chi connectivity index (χ3n) is 2.14. The van der Waals surface area contributed by atoms with Crippen LogP contribution in [0.25, 0.3) is 0 Å². The number of rotatable bonds is 2. The second kappa shape index (κ2) is 3.56. The lowest BCUT2D eigenvalue weighted by Gasteiger charge is -2.10. The topological polar surface area (TPSA) is 68.3 Å². The number of nitrogens with zero attached hydrogens (tertiary/aromatic N) is 1. The van der Waals surface area contributed by atoms with Gasteiger partial charge in [0.2, 0.25) is 6.79 Å². The third-order valence-corrected chi connectivity index (χ3v) is 2.14. The molecule has 4 heteroatoms. The molecule has 0 radical (unpaired) electrons. The van der Waals surface area contributed by atoms with Gasteiger partial charge in [-0.1, -0.05) is 12.1 Å². The van der Waals surface area contributed by atoms with Crippen molar-refractivity contribution in [2.24, 2.45) is 5.73 Å². The first-order chi connectivity index (χ1) is 6.83. The predicted molar refractivity (Wildman–Crippen MR) is 49.7 cm³/mol. The van der Waals surface area contributed by atoms with Crippen LogP contribution in [0, 0.1) is 11.3 Å². The van der Waals surface area contributed by atoms with Crippen molar-refractivity contribution < 1.29 is 9.47 Å². The molecule has 1 aliphatic heterocycles. The Morgan fingerprint density at radius 1 is 1.50 bits per heavy atom. The van der Waals surface area contributed by atoms with E-state index in [0.29, 0.717) is 11.5 Å². The summed E-state index contributed by atoms with van der Waals surface area (Å²) in [5, 5.41) is 8.54. The molecule has 1 aromatic carbocycles. The number of ether oxygens (including phenoxy) is 2. The van der Waals surface area contributed by atoms with E-state index in [1.807, 2.05) is 24.3 Å². The second-order valence-corrected chi connectivity index (χ2v) is 3.05. The summed E-state index contributed by atoms with van der Waals surface area (Å²) in [5.41, 5.74) is 6.66. The average molecular weight is 190 g/mol. The minimum absolute atomic E-state index is 0.228. The van der Waals surface area contributed by atoms with E-state index < -0.39 is 0 Å². The first-order valence-corrected chi connectivity index (χ1v) is 4.34. The van der Waals surface area contributed by atoms with Gasteiger partial charge in [0.05, 0.1) is 12.5 Å². The summed E-state index contributed by atoms with van der Waals surface area (Å²) in [6.07, 6.45) is 0.278. The van der Waals surface area contributed by atoms with Crippen molar-refractivity contribution in [2.45, 2.75) is 12.5 Å². The molecule has 2 N–H and O–H groups in total. The number of benzene rings is 1. The van der Waals surface area contributed by atoms with E-state index in [4.69, 9.17) is 20.5 Å². The maximum atomic E-state index is 8.54. The Balaban J connectivity index is 2.35. The summed E-state index contributed by atoms with van der Waals surface area (Å²) in [6.45, 7) is 0.228. The first-order valence-electron chi connectivity index (χ1n) is 4.34. The van der Waals surface area contributed by atoms with Crippen LogP contribution in [-0.2, 0) is 0 Å². The van der Waals surface area contributed by atoms with E-state index in [2.05, 4.69) is 0 Å². The number of nitriles is 1. The lowest BCUT2D eigenvalue weighted by molar-refractivity contribution is 0.173. The molecular formula is C10H10N2O2. The van der Waals surface area contributed by atoms with Crippen LogP contribution < -0.4 is 15.2 Å². The fraction of sp³-hybridized carbons (Fsp3) is 0.300. The van der Waals surface area contributed by atoms with Gasteiger partial charge in [0.1, 0.15) is 0 Å². The minimum Gasteiger partial charge on any atom is -0.454 e. The van der Waals surface area contributed by atoms with Gasteiger partial charge in [-0.05, 0) is 6.07 Å². The van der Waals surface area contributed by atoms with Crippen LogP contribution in [0.15, 0.2) is 18.2 Å². The average Bonchev–Trinajstić information content (AvgIpc) is 2.65. The molecule has 1 aromatic rings. The maximum Gasteiger partial charge on any atom is 0.231 e. The largest absolute Gasteiger partial charge is 0.454 e. The van der Waals surface area contributed by atoms with Crippen molar-refractivity contribution in [2.75, 3.05) is 6.79 Å². The summed E-state index contributed by atoms with van der Waals surface area (Å²) < 4.78 is 10.5. The molecule has 4 nitrogen and oxygen atoms in total. The molecule has 0 amide bonds. The Hall–Kier alpha value is -1.73. The van der Waals surface area contributed by atoms with Gasteiger partial charge in [-0.2, -0.15) is 5.26 Å². The zero-order valence-corrected chi connectivity index (χ0v) is 7.56. The molecule has 0 spiro atoms. The maximum absolute atomic E-state index is 8.54. The van der Waals surface area contributed by atoms with Crippen molar-refractivity contribution in [3.05, 3.63) is 23.8 Å². The van der Waals surface area contributed by atoms with E-state index >= 15 is 0 Å². The van der Waals surface area contributed by atoms with E-state index in [9.17, 15) is 0 Å². The number of nitrogens with two attached hydrogens (primary N) is 1. The first kappa shape index (κ1) is 8.85. The predicted octanol–water partition coefficient (Wildman–Crippen LogP) is 1.33. The number of hydrogen-bond donors (Lipinski definition) is 1. The van der Waals surface area contributed by atoms with Crippen LogP contribution in [-0.4, -0.2) is 6.79 Å². The Kier molecular flexibility index (Phi) is 2.25. The molecule has 0 unspecified atom stereocenters. The fourth-order valence-corrected chi connectivity index (χ4v) is 1.45. The normalized spacial score (nSPS) is 14.9. The molecule has 0 fully saturated rings. The van der Waals surface area contributed by atoms with E-state index in [-0.39, 0.29) is 19.3 Å². The lowest BCUT2D eigenvalue weighted by atomic mass is 10.0. The lowest BCUT2D eigenvalue weighted by Crippen LogP contribution is -2.10. The van der Waals surface area contributed by atoms with Crippen LogP contribution in [0.5, 0.6) is 11.5 Å². The summed E-state index contributed by atoms with van der Waals surface area (Å²) in [6, 6.07) is 7.26. The molecule has 1 heterocycles. The molecule has 0 bridgehead atoms. The van der Waals surface area contributed by atoms with Gasteiger partial charge in [-0.25, -0.2) is 0 Å². The highest BCUT2D eigenvalue weighted by Gasteiger charge is 2.20. The van der Waals surface area contributed by atoms with Crippen LogP contribution >= 0.6 is 0 Å². The van der Waals surface area contributed by atoms with Crippen molar-refractivity contribution in [3.63, 3.8) is 0 Å². The SMILES string of the molecule is N#CC[C@@H](N)c1cccc2c1OCO2. The van der Waals surface area contributed by atoms with Crippen molar-refractivity contribution in [3.8, 4) is 17.6 Å². The number of fused-ring (bicyclic) bond motifs is 1. The van der Waals surface area contributed by atoms with Crippen molar-refractivity contribution in [1.29, 1.82) is 5.26 Å². The van der Waals surface area contributed by atoms with Crippen LogP contribution in [0.2, 0.25) is 0 Å². The fourth-order valence-electron chi connectivity index (χ4n) is 1.45. The molecule has 1 aliphatic rings. The molecule has 72 valence electrons. The van der Waals surface area contributed by atoms with Gasteiger partial charge in [0.25, 0.3) is 0 Å². The summed E-state index contributed by atoms with van der Waals surface area (Å²) in [5.74, 6) is 1.38. The van der Waals surface area contributed by atoms with Crippen molar-refractivity contribution >= 4 is 0 Å². The van der Waals surface area contributed by atoms with E-state index in [1.165, 1.54) is 0 Å². The molecular weight excluding hydrogens is 180 g/mol. The summed E-state index contributed by atoms with van der Waals surface area (Å²) in [7, 11) is 0. The second-order valence-electron chi connectivity index (χ2n) is 3.05. The number of hydrogen-bond acceptors (Lipinski definition) is 4. The van der Waals surface area contributed by atoms with Gasteiger partial charge in [0.15, 0.2) is 11.5 Å². The quantitative estimate of drug-likeness (QED) is 0.763. The summed E-state index contributed by atoms with van der Waals surface area (Å²) >= 11 is 0. The van der Waals surface area contributed by atoms with E-state index in [0.717, 1.165) is 5.56 Å². The van der Waals surface area contributed by atoms with Gasteiger partial charge in [-0.15, -0.1) is 0 Å². The Bertz CT molecular complexity index is 384. The molecule has 1 atom stereocenters. The molecule has 0 saturated carbocycles. The molecule has 0 aromatic heterocycles. The Morgan fingerprint density at radius 2 is 2.36 bits per heavy atom. The standard InChI is InChI=1S/C10H10N2O2/c11-5-4-8(12)7-2-1-3-9-10(7)14-6-13-9/h1-3,8H,4,6,12H2/t8-/m1/s1. The molecule has 0 saturated heterocycles. The molecule has 0 aliphatic carbocycles. The monoisotopic (exact) mass is 190 g/mol. The Morgan fingerprint density at radius 3 is 3.14 bits per heavy atom. The zero-order valence-electron chi connectivity index (χ0n) is 7.56. The van der Waals surface area contributed by atoms with Gasteiger partial charge < -0.3 is 15.2 Å². The van der Waals surface area contributed by atoms with Crippen LogP contribution in [0.3, 0.4) is 0 Å². The van der Waals surface area contributed by atoms with Crippen LogP contribution in [0.1, 0.15) is 18.0 Å². The highest BCUT2D eigenvalue weighted by atomic mass is 16.7. The smallest absolute Gasteiger partial charge is 0.231 e.